The molecule has 0 aromatic rings. The highest BCUT2D eigenvalue weighted by Crippen LogP contribution is 2.19. The minimum atomic E-state index is -0.843. The number of carbonyl (C=O) groups is 2. The lowest BCUT2D eigenvalue weighted by atomic mass is 10.0. The minimum absolute atomic E-state index is 0.00758. The first-order chi connectivity index (χ1) is 44.0. The molecule has 0 aromatic carbocycles. The van der Waals surface area contributed by atoms with Gasteiger partial charge in [0.25, 0.3) is 0 Å². The SMILES string of the molecule is CCCCC/C=C\C/C=C\CCCCCCCC(=O)OCCCCCCCCCCCCCCCCCC/C=C\CCCCCCCCCCCCCCCCCCCC(=O)NC(CO)C(O)/C=C/CCCCCCCCCCCCCCCCCCCC. The quantitative estimate of drug-likeness (QED) is 0.0320. The van der Waals surface area contributed by atoms with Gasteiger partial charge in [-0.05, 0) is 89.9 Å². The second kappa shape index (κ2) is 78.3. The van der Waals surface area contributed by atoms with Gasteiger partial charge in [-0.2, -0.15) is 0 Å². The molecule has 0 aliphatic carbocycles. The molecule has 6 heteroatoms. The fourth-order valence-corrected chi connectivity index (χ4v) is 12.7. The van der Waals surface area contributed by atoms with E-state index in [4.69, 9.17) is 4.74 Å². The number of amides is 1. The van der Waals surface area contributed by atoms with Crippen LogP contribution < -0.4 is 5.32 Å². The zero-order chi connectivity index (χ0) is 64.2. The number of hydrogen-bond acceptors (Lipinski definition) is 5. The lowest BCUT2D eigenvalue weighted by molar-refractivity contribution is -0.143. The van der Waals surface area contributed by atoms with Crippen molar-refractivity contribution >= 4 is 11.9 Å². The molecule has 2 unspecified atom stereocenters. The first-order valence-electron chi connectivity index (χ1n) is 40.4. The van der Waals surface area contributed by atoms with Crippen molar-refractivity contribution in [2.75, 3.05) is 13.2 Å². The van der Waals surface area contributed by atoms with Crippen LogP contribution in [0.1, 0.15) is 444 Å². The van der Waals surface area contributed by atoms with Crippen LogP contribution in [0.15, 0.2) is 48.6 Å². The molecule has 0 aliphatic rings. The molecule has 0 heterocycles. The van der Waals surface area contributed by atoms with E-state index in [0.717, 1.165) is 51.4 Å². The molecule has 0 saturated heterocycles. The highest BCUT2D eigenvalue weighted by atomic mass is 16.5. The van der Waals surface area contributed by atoms with Gasteiger partial charge in [-0.3, -0.25) is 9.59 Å². The molecule has 0 bridgehead atoms. The van der Waals surface area contributed by atoms with Crippen LogP contribution in [0.2, 0.25) is 0 Å². The van der Waals surface area contributed by atoms with Crippen molar-refractivity contribution in [1.29, 1.82) is 0 Å². The van der Waals surface area contributed by atoms with E-state index in [9.17, 15) is 19.8 Å². The molecule has 0 spiro atoms. The number of hydrogen-bond donors (Lipinski definition) is 3. The van der Waals surface area contributed by atoms with Gasteiger partial charge in [-0.15, -0.1) is 0 Å². The minimum Gasteiger partial charge on any atom is -0.466 e. The molecule has 2 atom stereocenters. The van der Waals surface area contributed by atoms with Crippen LogP contribution in [-0.4, -0.2) is 47.4 Å². The van der Waals surface area contributed by atoms with Crippen molar-refractivity contribution < 1.29 is 24.5 Å². The number of nitrogens with one attached hydrogen (secondary N) is 1. The van der Waals surface area contributed by atoms with E-state index >= 15 is 0 Å². The molecule has 0 saturated carbocycles. The number of aliphatic hydroxyl groups is 2. The van der Waals surface area contributed by atoms with Gasteiger partial charge in [0.15, 0.2) is 0 Å². The first kappa shape index (κ1) is 86.8. The van der Waals surface area contributed by atoms with Gasteiger partial charge in [0, 0.05) is 12.8 Å². The Balaban J connectivity index is 3.36. The molecule has 0 aliphatic heterocycles. The number of aliphatic hydroxyl groups excluding tert-OH is 2. The largest absolute Gasteiger partial charge is 0.466 e. The van der Waals surface area contributed by atoms with Crippen molar-refractivity contribution in [3.63, 3.8) is 0 Å². The van der Waals surface area contributed by atoms with E-state index in [0.29, 0.717) is 19.4 Å². The van der Waals surface area contributed by atoms with Crippen LogP contribution in [0.5, 0.6) is 0 Å². The number of ether oxygens (including phenoxy) is 1. The molecule has 3 N–H and O–H groups in total. The topological polar surface area (TPSA) is 95.9 Å². The molecule has 0 rings (SSSR count). The number of carbonyl (C=O) groups excluding carboxylic acids is 2. The van der Waals surface area contributed by atoms with E-state index in [1.165, 1.54) is 366 Å². The van der Waals surface area contributed by atoms with E-state index < -0.39 is 12.1 Å². The Labute approximate surface area is 556 Å². The summed E-state index contributed by atoms with van der Waals surface area (Å²) in [6, 6.07) is -0.626. The van der Waals surface area contributed by atoms with Gasteiger partial charge >= 0.3 is 5.97 Å². The Kier molecular flexibility index (Phi) is 76.3. The van der Waals surface area contributed by atoms with Crippen LogP contribution in [0.4, 0.5) is 0 Å². The van der Waals surface area contributed by atoms with Gasteiger partial charge in [-0.25, -0.2) is 0 Å². The van der Waals surface area contributed by atoms with Gasteiger partial charge in [-0.1, -0.05) is 390 Å². The van der Waals surface area contributed by atoms with Crippen molar-refractivity contribution in [2.24, 2.45) is 0 Å². The monoisotopic (exact) mass is 1250 g/mol. The van der Waals surface area contributed by atoms with Crippen molar-refractivity contribution in [3.8, 4) is 0 Å². The van der Waals surface area contributed by atoms with Gasteiger partial charge in [0.2, 0.25) is 5.91 Å². The van der Waals surface area contributed by atoms with Crippen molar-refractivity contribution in [2.45, 2.75) is 456 Å². The molecule has 6 nitrogen and oxygen atoms in total. The standard InChI is InChI=1S/C83H157NO5/c1-3-5-7-9-11-13-15-17-19-20-21-41-44-48-51-55-59-63-67-71-75-81(86)80(79-85)84-82(87)76-72-68-64-60-56-52-49-45-42-39-37-35-33-31-29-27-25-23-22-24-26-28-30-32-34-36-38-40-43-46-50-54-58-62-66-70-74-78-89-83(88)77-73-69-65-61-57-53-47-18-16-14-12-10-8-6-4-2/h12,14,18,22,24,47,71,75,80-81,85-86H,3-11,13,15-17,19-21,23,25-46,48-70,72-74,76-79H2,1-2H3,(H,84,87)/b14-12-,24-22-,47-18-,75-71+. The smallest absolute Gasteiger partial charge is 0.305 e. The maximum Gasteiger partial charge on any atom is 0.305 e. The summed E-state index contributed by atoms with van der Waals surface area (Å²) in [5.74, 6) is -0.0524. The summed E-state index contributed by atoms with van der Waals surface area (Å²) >= 11 is 0. The summed E-state index contributed by atoms with van der Waals surface area (Å²) in [5.41, 5.74) is 0. The van der Waals surface area contributed by atoms with Crippen LogP contribution in [-0.2, 0) is 14.3 Å². The molecule has 524 valence electrons. The fourth-order valence-electron chi connectivity index (χ4n) is 12.7. The van der Waals surface area contributed by atoms with Crippen LogP contribution in [0.3, 0.4) is 0 Å². The van der Waals surface area contributed by atoms with Gasteiger partial charge in [0.1, 0.15) is 0 Å². The summed E-state index contributed by atoms with van der Waals surface area (Å²) in [6.45, 7) is 4.92. The molecular weight excluding hydrogens is 1090 g/mol. The highest BCUT2D eigenvalue weighted by molar-refractivity contribution is 5.76. The zero-order valence-corrected chi connectivity index (χ0v) is 60.2. The van der Waals surface area contributed by atoms with Crippen LogP contribution >= 0.6 is 0 Å². The summed E-state index contributed by atoms with van der Waals surface area (Å²) in [4.78, 5) is 24.6. The second-order valence-electron chi connectivity index (χ2n) is 27.7. The highest BCUT2D eigenvalue weighted by Gasteiger charge is 2.18. The first-order valence-corrected chi connectivity index (χ1v) is 40.4. The summed E-state index contributed by atoms with van der Waals surface area (Å²) in [6.07, 6.45) is 104. The van der Waals surface area contributed by atoms with E-state index in [1.54, 1.807) is 6.08 Å². The maximum atomic E-state index is 12.5. The predicted octanol–water partition coefficient (Wildman–Crippen LogP) is 26.8. The molecule has 0 fully saturated rings. The third kappa shape index (κ3) is 74.7. The Bertz CT molecular complexity index is 1490. The van der Waals surface area contributed by atoms with E-state index in [1.807, 2.05) is 6.08 Å². The molecule has 0 aromatic heterocycles. The number of rotatable bonds is 76. The van der Waals surface area contributed by atoms with Crippen LogP contribution in [0, 0.1) is 0 Å². The third-order valence-electron chi connectivity index (χ3n) is 18.8. The van der Waals surface area contributed by atoms with Gasteiger partial charge in [0.05, 0.1) is 25.4 Å². The van der Waals surface area contributed by atoms with Crippen LogP contribution in [0.25, 0.3) is 0 Å². The number of esters is 1. The molecule has 0 radical (unpaired) electrons. The lowest BCUT2D eigenvalue weighted by Gasteiger charge is -2.20. The Morgan fingerprint density at radius 3 is 0.888 bits per heavy atom. The second-order valence-corrected chi connectivity index (χ2v) is 27.7. The summed E-state index contributed by atoms with van der Waals surface area (Å²) in [5, 5.41) is 23.3. The van der Waals surface area contributed by atoms with E-state index in [-0.39, 0.29) is 18.5 Å². The Hall–Kier alpha value is -2.18. The molecular formula is C83H157NO5. The number of unbranched alkanes of at least 4 members (excludes halogenated alkanes) is 59. The van der Waals surface area contributed by atoms with Crippen molar-refractivity contribution in [3.05, 3.63) is 48.6 Å². The maximum absolute atomic E-state index is 12.5. The average Bonchev–Trinajstić information content (AvgIpc) is 3.63. The number of allylic oxidation sites excluding steroid dienone is 7. The Morgan fingerprint density at radius 2 is 0.562 bits per heavy atom. The summed E-state index contributed by atoms with van der Waals surface area (Å²) in [7, 11) is 0. The normalized spacial score (nSPS) is 12.7. The van der Waals surface area contributed by atoms with Gasteiger partial charge < -0.3 is 20.3 Å². The molecule has 1 amide bonds. The zero-order valence-electron chi connectivity index (χ0n) is 60.2. The third-order valence-corrected chi connectivity index (χ3v) is 18.8. The average molecular weight is 1250 g/mol. The van der Waals surface area contributed by atoms with Crippen molar-refractivity contribution in [1.82, 2.24) is 5.32 Å². The fraction of sp³-hybridized carbons (Fsp3) is 0.880. The summed E-state index contributed by atoms with van der Waals surface area (Å²) < 4.78 is 5.49. The predicted molar refractivity (Wildman–Crippen MR) is 393 cm³/mol. The lowest BCUT2D eigenvalue weighted by Crippen LogP contribution is -2.45. The van der Waals surface area contributed by atoms with E-state index in [2.05, 4.69) is 55.6 Å². The Morgan fingerprint density at radius 1 is 0.315 bits per heavy atom. The molecule has 89 heavy (non-hydrogen) atoms.